The molecule has 0 amide bonds. The van der Waals surface area contributed by atoms with Gasteiger partial charge in [0.2, 0.25) is 0 Å². The van der Waals surface area contributed by atoms with Gasteiger partial charge in [-0.2, -0.15) is 0 Å². The summed E-state index contributed by atoms with van der Waals surface area (Å²) in [6.07, 6.45) is 0. The van der Waals surface area contributed by atoms with Gasteiger partial charge < -0.3 is 18.6 Å². The summed E-state index contributed by atoms with van der Waals surface area (Å²) >= 11 is 0. The Kier molecular flexibility index (Phi) is 10.7. The zero-order valence-electron chi connectivity index (χ0n) is 45.7. The smallest absolute Gasteiger partial charge is 0.137 e. The number of fused-ring (bicyclic) bond motifs is 12. The lowest BCUT2D eigenvalue weighted by Crippen LogP contribution is -2.28. The van der Waals surface area contributed by atoms with Crippen LogP contribution in [0.4, 0.5) is 34.1 Å². The Labute approximate surface area is 487 Å². The molecule has 0 fully saturated rings. The Hall–Kier alpha value is -10.9. The molecule has 84 heavy (non-hydrogen) atoms. The molecule has 0 atom stereocenters. The lowest BCUT2D eigenvalue weighted by atomic mass is 9.68. The highest BCUT2D eigenvalue weighted by Gasteiger charge is 2.49. The number of hydrogen-bond donors (Lipinski definition) is 0. The fraction of sp³-hybridized carbons (Fsp3) is 0.0250. The second-order valence-corrected chi connectivity index (χ2v) is 22.2. The summed E-state index contributed by atoms with van der Waals surface area (Å²) in [6, 6.07) is 115. The maximum Gasteiger partial charge on any atom is 0.137 e. The van der Waals surface area contributed by atoms with Crippen molar-refractivity contribution >= 4 is 78.0 Å². The topological polar surface area (TPSA) is 32.8 Å². The van der Waals surface area contributed by atoms with Gasteiger partial charge >= 0.3 is 0 Å². The molecule has 2 heterocycles. The van der Waals surface area contributed by atoms with E-state index in [-0.39, 0.29) is 0 Å². The Morgan fingerprint density at radius 3 is 1.19 bits per heavy atom. The summed E-state index contributed by atoms with van der Waals surface area (Å²) in [7, 11) is 0. The van der Waals surface area contributed by atoms with E-state index in [1.54, 1.807) is 0 Å². The van der Waals surface area contributed by atoms with Crippen LogP contribution in [0, 0.1) is 0 Å². The molecule has 0 N–H and O–H groups in total. The van der Waals surface area contributed by atoms with Crippen molar-refractivity contribution in [3.8, 4) is 22.3 Å². The van der Waals surface area contributed by atoms with Crippen molar-refractivity contribution in [2.45, 2.75) is 10.8 Å². The number of para-hydroxylation sites is 2. The third kappa shape index (κ3) is 6.83. The standard InChI is InChI=1S/C80H52N2O2/c1-5-25-53(26-6-1)79(54-27-7-2-8-28-54)65-39-17-13-36-61(65)76-67(79)41-22-43-69(76)81(59-49-50-74-64(52-59)60-35-15-19-46-72(60)83-74)57-33-21-34-58(51-57)82(71-45-24-48-75-78(71)63-38-16-20-47-73(63)84-75)70-44-23-42-68-77(70)62-37-14-18-40-66(62)80(68,55-29-9-3-10-30-55)56-31-11-4-12-32-56/h1-52H. The van der Waals surface area contributed by atoms with Crippen LogP contribution in [-0.4, -0.2) is 0 Å². The van der Waals surface area contributed by atoms with Gasteiger partial charge in [0, 0.05) is 44.3 Å². The van der Waals surface area contributed by atoms with Gasteiger partial charge in [0.25, 0.3) is 0 Å². The van der Waals surface area contributed by atoms with Crippen LogP contribution in [0.25, 0.3) is 66.1 Å². The molecule has 0 radical (unpaired) electrons. The number of furan rings is 2. The van der Waals surface area contributed by atoms with E-state index >= 15 is 0 Å². The summed E-state index contributed by atoms with van der Waals surface area (Å²) in [4.78, 5) is 4.99. The minimum absolute atomic E-state index is 0.607. The second kappa shape index (κ2) is 18.8. The Balaban J connectivity index is 0.961. The molecule has 2 aliphatic rings. The predicted octanol–water partition coefficient (Wildman–Crippen LogP) is 21.2. The first kappa shape index (κ1) is 47.8. The van der Waals surface area contributed by atoms with Crippen molar-refractivity contribution in [2.75, 3.05) is 9.80 Å². The molecule has 4 nitrogen and oxygen atoms in total. The molecule has 0 unspecified atom stereocenters. The summed E-state index contributed by atoms with van der Waals surface area (Å²) in [5.74, 6) is 0. The molecule has 13 aromatic carbocycles. The van der Waals surface area contributed by atoms with Crippen LogP contribution in [0.2, 0.25) is 0 Å². The van der Waals surface area contributed by atoms with Gasteiger partial charge in [-0.3, -0.25) is 0 Å². The highest BCUT2D eigenvalue weighted by Crippen LogP contribution is 2.62. The van der Waals surface area contributed by atoms with Crippen molar-refractivity contribution in [3.63, 3.8) is 0 Å². The largest absolute Gasteiger partial charge is 0.456 e. The van der Waals surface area contributed by atoms with Crippen LogP contribution in [0.1, 0.15) is 44.5 Å². The maximum atomic E-state index is 6.76. The average Bonchev–Trinajstić information content (AvgIpc) is 2.41. The second-order valence-electron chi connectivity index (χ2n) is 22.2. The molecule has 17 rings (SSSR count). The SMILES string of the molecule is c1ccc(C2(c3ccccc3)c3ccccc3-c3c(N(c4cccc(N(c5cccc6c5-c5ccccc5C6(c5ccccc5)c5ccccc5)c5cccc6oc7ccccc7c56)c4)c4ccc5oc6ccccc6c5c4)cccc32)cc1. The first-order chi connectivity index (χ1) is 41.7. The molecule has 0 spiro atoms. The molecule has 0 bridgehead atoms. The third-order valence-corrected chi connectivity index (χ3v) is 18.0. The number of anilines is 6. The van der Waals surface area contributed by atoms with Gasteiger partial charge in [-0.15, -0.1) is 0 Å². The number of rotatable bonds is 10. The Bertz CT molecular complexity index is 4960. The van der Waals surface area contributed by atoms with Crippen molar-refractivity contribution in [1.29, 1.82) is 0 Å². The van der Waals surface area contributed by atoms with E-state index in [4.69, 9.17) is 8.83 Å². The van der Waals surface area contributed by atoms with Crippen LogP contribution < -0.4 is 9.80 Å². The summed E-state index contributed by atoms with van der Waals surface area (Å²) in [6.45, 7) is 0. The Morgan fingerprint density at radius 2 is 0.619 bits per heavy atom. The quantitative estimate of drug-likeness (QED) is 0.137. The highest BCUT2D eigenvalue weighted by molar-refractivity contribution is 6.15. The van der Waals surface area contributed by atoms with Crippen LogP contribution in [0.15, 0.2) is 324 Å². The predicted molar refractivity (Wildman–Crippen MR) is 345 cm³/mol. The fourth-order valence-electron chi connectivity index (χ4n) is 14.7. The molecule has 2 aliphatic carbocycles. The fourth-order valence-corrected chi connectivity index (χ4v) is 14.7. The van der Waals surface area contributed by atoms with Crippen LogP contribution >= 0.6 is 0 Å². The van der Waals surface area contributed by atoms with Gasteiger partial charge in [-0.05, 0) is 128 Å². The van der Waals surface area contributed by atoms with E-state index in [0.29, 0.717) is 0 Å². The molecule has 4 heteroatoms. The monoisotopic (exact) mass is 1070 g/mol. The van der Waals surface area contributed by atoms with E-state index in [0.717, 1.165) is 78.0 Å². The first-order valence-corrected chi connectivity index (χ1v) is 28.9. The maximum absolute atomic E-state index is 6.76. The van der Waals surface area contributed by atoms with Gasteiger partial charge in [-0.25, -0.2) is 0 Å². The van der Waals surface area contributed by atoms with Crippen molar-refractivity contribution in [2.24, 2.45) is 0 Å². The molecule has 0 saturated heterocycles. The lowest BCUT2D eigenvalue weighted by Gasteiger charge is -2.35. The average molecular weight is 1070 g/mol. The summed E-state index contributed by atoms with van der Waals surface area (Å²) < 4.78 is 13.3. The van der Waals surface area contributed by atoms with E-state index in [1.165, 1.54) is 66.8 Å². The molecular formula is C80H52N2O2. The zero-order valence-corrected chi connectivity index (χ0v) is 45.7. The molecule has 0 saturated carbocycles. The molecule has 15 aromatic rings. The highest BCUT2D eigenvalue weighted by atomic mass is 16.3. The van der Waals surface area contributed by atoms with E-state index < -0.39 is 10.8 Å². The van der Waals surface area contributed by atoms with Gasteiger partial charge in [-0.1, -0.05) is 243 Å². The van der Waals surface area contributed by atoms with Crippen LogP contribution in [0.5, 0.6) is 0 Å². The number of benzene rings is 13. The number of nitrogens with zero attached hydrogens (tertiary/aromatic N) is 2. The number of hydrogen-bond acceptors (Lipinski definition) is 4. The van der Waals surface area contributed by atoms with Gasteiger partial charge in [0.1, 0.15) is 22.3 Å². The van der Waals surface area contributed by atoms with Crippen molar-refractivity contribution in [1.82, 2.24) is 0 Å². The minimum atomic E-state index is -0.613. The molecule has 394 valence electrons. The van der Waals surface area contributed by atoms with Crippen LogP contribution in [0.3, 0.4) is 0 Å². The normalized spacial score (nSPS) is 13.4. The zero-order chi connectivity index (χ0) is 55.3. The summed E-state index contributed by atoms with van der Waals surface area (Å²) in [5, 5.41) is 4.23. The van der Waals surface area contributed by atoms with E-state index in [9.17, 15) is 0 Å². The molecular weight excluding hydrogens is 1020 g/mol. The van der Waals surface area contributed by atoms with E-state index in [2.05, 4.69) is 319 Å². The van der Waals surface area contributed by atoms with Crippen LogP contribution in [-0.2, 0) is 10.8 Å². The Morgan fingerprint density at radius 1 is 0.238 bits per heavy atom. The van der Waals surface area contributed by atoms with Gasteiger partial charge in [0.15, 0.2) is 0 Å². The van der Waals surface area contributed by atoms with E-state index in [1.807, 2.05) is 6.07 Å². The van der Waals surface area contributed by atoms with Crippen molar-refractivity contribution in [3.05, 3.63) is 360 Å². The molecule has 2 aromatic heterocycles. The minimum Gasteiger partial charge on any atom is -0.456 e. The first-order valence-electron chi connectivity index (χ1n) is 28.9. The lowest BCUT2D eigenvalue weighted by molar-refractivity contribution is 0.668. The third-order valence-electron chi connectivity index (χ3n) is 18.0. The summed E-state index contributed by atoms with van der Waals surface area (Å²) in [5.41, 5.74) is 22.9. The van der Waals surface area contributed by atoms with Gasteiger partial charge in [0.05, 0.1) is 33.3 Å². The van der Waals surface area contributed by atoms with Crippen molar-refractivity contribution < 1.29 is 8.83 Å². The molecule has 0 aliphatic heterocycles.